The van der Waals surface area contributed by atoms with Gasteiger partial charge in [0.05, 0.1) is 12.2 Å². The molecular weight excluding hydrogens is 255 g/mol. The van der Waals surface area contributed by atoms with Gasteiger partial charge in [0.2, 0.25) is 5.91 Å². The third kappa shape index (κ3) is 4.02. The molecule has 2 aromatic rings. The topological polar surface area (TPSA) is 42.0 Å². The van der Waals surface area contributed by atoms with Crippen LogP contribution in [0.15, 0.2) is 48.7 Å². The maximum atomic E-state index is 13.0. The minimum Gasteiger partial charge on any atom is -0.347 e. The molecular formula is C16H15FN2O. The molecule has 1 amide bonds. The number of nitrogens with zero attached hydrogens (tertiary/aromatic N) is 1. The van der Waals surface area contributed by atoms with Crippen LogP contribution in [0.3, 0.4) is 0 Å². The van der Waals surface area contributed by atoms with Gasteiger partial charge in [0.15, 0.2) is 0 Å². The summed E-state index contributed by atoms with van der Waals surface area (Å²) in [5.41, 5.74) is 2.51. The second-order valence-corrected chi connectivity index (χ2v) is 4.37. The third-order valence-corrected chi connectivity index (χ3v) is 2.82. The Morgan fingerprint density at radius 2 is 2.20 bits per heavy atom. The molecule has 102 valence electrons. The van der Waals surface area contributed by atoms with Crippen LogP contribution in [0.5, 0.6) is 0 Å². The van der Waals surface area contributed by atoms with Gasteiger partial charge in [-0.25, -0.2) is 4.39 Å². The molecule has 1 N–H and O–H groups in total. The summed E-state index contributed by atoms with van der Waals surface area (Å²) < 4.78 is 13.0. The van der Waals surface area contributed by atoms with E-state index in [1.165, 1.54) is 18.2 Å². The Labute approximate surface area is 117 Å². The van der Waals surface area contributed by atoms with Crippen LogP contribution >= 0.6 is 0 Å². The van der Waals surface area contributed by atoms with Gasteiger partial charge in [-0.3, -0.25) is 9.78 Å². The summed E-state index contributed by atoms with van der Waals surface area (Å²) >= 11 is 0. The molecule has 0 aliphatic heterocycles. The third-order valence-electron chi connectivity index (χ3n) is 2.82. The average Bonchev–Trinajstić information content (AvgIpc) is 2.44. The molecule has 0 fully saturated rings. The van der Waals surface area contributed by atoms with Gasteiger partial charge in [0.1, 0.15) is 5.82 Å². The number of aryl methyl sites for hydroxylation is 1. The van der Waals surface area contributed by atoms with Gasteiger partial charge in [-0.05, 0) is 42.3 Å². The van der Waals surface area contributed by atoms with Gasteiger partial charge in [-0.15, -0.1) is 0 Å². The van der Waals surface area contributed by atoms with Gasteiger partial charge < -0.3 is 5.32 Å². The minimum atomic E-state index is -0.323. The van der Waals surface area contributed by atoms with Gasteiger partial charge in [-0.2, -0.15) is 0 Å². The second kappa shape index (κ2) is 6.61. The predicted octanol–water partition coefficient (Wildman–Crippen LogP) is 2.86. The number of hydrogen-bond donors (Lipinski definition) is 1. The maximum absolute atomic E-state index is 13.0. The van der Waals surface area contributed by atoms with Gasteiger partial charge in [0.25, 0.3) is 0 Å². The van der Waals surface area contributed by atoms with Crippen molar-refractivity contribution in [1.82, 2.24) is 10.3 Å². The second-order valence-electron chi connectivity index (χ2n) is 4.37. The average molecular weight is 270 g/mol. The zero-order chi connectivity index (χ0) is 14.4. The molecule has 0 saturated heterocycles. The van der Waals surface area contributed by atoms with E-state index in [0.717, 1.165) is 11.3 Å². The van der Waals surface area contributed by atoms with Crippen molar-refractivity contribution in [1.29, 1.82) is 0 Å². The molecule has 1 aromatic heterocycles. The summed E-state index contributed by atoms with van der Waals surface area (Å²) in [5.74, 6) is -0.559. The number of rotatable bonds is 4. The molecule has 4 heteroatoms. The Morgan fingerprint density at radius 1 is 1.35 bits per heavy atom. The van der Waals surface area contributed by atoms with Crippen molar-refractivity contribution in [3.8, 4) is 0 Å². The normalized spacial score (nSPS) is 10.7. The van der Waals surface area contributed by atoms with Crippen LogP contribution in [0.25, 0.3) is 6.08 Å². The molecule has 20 heavy (non-hydrogen) atoms. The number of halogens is 1. The number of carbonyl (C=O) groups excluding carboxylic acids is 1. The van der Waals surface area contributed by atoms with Gasteiger partial charge >= 0.3 is 0 Å². The van der Waals surface area contributed by atoms with Crippen LogP contribution in [0, 0.1) is 12.7 Å². The summed E-state index contributed by atoms with van der Waals surface area (Å²) in [6.07, 6.45) is 4.65. The van der Waals surface area contributed by atoms with E-state index in [0.29, 0.717) is 12.1 Å². The minimum absolute atomic E-state index is 0.237. The molecule has 0 radical (unpaired) electrons. The van der Waals surface area contributed by atoms with Crippen LogP contribution < -0.4 is 5.32 Å². The van der Waals surface area contributed by atoms with Crippen molar-refractivity contribution in [3.05, 3.63) is 71.3 Å². The fourth-order valence-electron chi connectivity index (χ4n) is 1.72. The molecule has 3 nitrogen and oxygen atoms in total. The molecule has 0 bridgehead atoms. The largest absolute Gasteiger partial charge is 0.347 e. The first-order valence-electron chi connectivity index (χ1n) is 6.27. The molecule has 0 saturated carbocycles. The molecule has 0 spiro atoms. The molecule has 1 aromatic carbocycles. The zero-order valence-electron chi connectivity index (χ0n) is 11.1. The SMILES string of the molecule is Cc1cccnc1CNC(=O)C=Cc1cccc(F)c1. The Morgan fingerprint density at radius 3 is 2.95 bits per heavy atom. The van der Waals surface area contributed by atoms with E-state index in [-0.39, 0.29) is 11.7 Å². The number of benzene rings is 1. The summed E-state index contributed by atoms with van der Waals surface area (Å²) in [6.45, 7) is 2.32. The smallest absolute Gasteiger partial charge is 0.244 e. The number of amides is 1. The van der Waals surface area contributed by atoms with Crippen LogP contribution in [-0.2, 0) is 11.3 Å². The van der Waals surface area contributed by atoms with E-state index in [2.05, 4.69) is 10.3 Å². The number of hydrogen-bond acceptors (Lipinski definition) is 2. The van der Waals surface area contributed by atoms with E-state index >= 15 is 0 Å². The van der Waals surface area contributed by atoms with Crippen molar-refractivity contribution >= 4 is 12.0 Å². The summed E-state index contributed by atoms with van der Waals surface area (Å²) in [7, 11) is 0. The van der Waals surface area contributed by atoms with E-state index < -0.39 is 0 Å². The van der Waals surface area contributed by atoms with Crippen LogP contribution in [0.2, 0.25) is 0 Å². The van der Waals surface area contributed by atoms with Crippen LogP contribution in [0.1, 0.15) is 16.8 Å². The van der Waals surface area contributed by atoms with E-state index in [1.54, 1.807) is 24.4 Å². The van der Waals surface area contributed by atoms with Crippen LogP contribution in [0.4, 0.5) is 4.39 Å². The Bertz CT molecular complexity index is 638. The molecule has 1 heterocycles. The number of carbonyl (C=O) groups is 1. The van der Waals surface area contributed by atoms with E-state index in [4.69, 9.17) is 0 Å². The molecule has 0 unspecified atom stereocenters. The lowest BCUT2D eigenvalue weighted by molar-refractivity contribution is -0.116. The standard InChI is InChI=1S/C16H15FN2O/c1-12-4-3-9-18-15(12)11-19-16(20)8-7-13-5-2-6-14(17)10-13/h2-10H,11H2,1H3,(H,19,20). The first-order valence-corrected chi connectivity index (χ1v) is 6.27. The van der Waals surface area contributed by atoms with Crippen molar-refractivity contribution in [2.75, 3.05) is 0 Å². The van der Waals surface area contributed by atoms with E-state index in [1.807, 2.05) is 19.1 Å². The Hall–Kier alpha value is -2.49. The zero-order valence-corrected chi connectivity index (χ0v) is 11.1. The number of pyridine rings is 1. The summed E-state index contributed by atoms with van der Waals surface area (Å²) in [5, 5.41) is 2.74. The Kier molecular flexibility index (Phi) is 4.60. The highest BCUT2D eigenvalue weighted by Crippen LogP contribution is 2.05. The fourth-order valence-corrected chi connectivity index (χ4v) is 1.72. The first kappa shape index (κ1) is 13.9. The lowest BCUT2D eigenvalue weighted by Crippen LogP contribution is -2.21. The Balaban J connectivity index is 1.91. The van der Waals surface area contributed by atoms with Crippen molar-refractivity contribution in [3.63, 3.8) is 0 Å². The monoisotopic (exact) mass is 270 g/mol. The summed E-state index contributed by atoms with van der Waals surface area (Å²) in [4.78, 5) is 15.9. The highest BCUT2D eigenvalue weighted by molar-refractivity contribution is 5.91. The molecule has 0 atom stereocenters. The van der Waals surface area contributed by atoms with Crippen molar-refractivity contribution < 1.29 is 9.18 Å². The molecule has 2 rings (SSSR count). The molecule has 0 aliphatic carbocycles. The predicted molar refractivity (Wildman–Crippen MR) is 76.3 cm³/mol. The quantitative estimate of drug-likeness (QED) is 0.868. The highest BCUT2D eigenvalue weighted by Gasteiger charge is 2.00. The van der Waals surface area contributed by atoms with Crippen LogP contribution in [-0.4, -0.2) is 10.9 Å². The number of aromatic nitrogens is 1. The van der Waals surface area contributed by atoms with E-state index in [9.17, 15) is 9.18 Å². The lowest BCUT2D eigenvalue weighted by atomic mass is 10.2. The van der Waals surface area contributed by atoms with Gasteiger partial charge in [-0.1, -0.05) is 18.2 Å². The maximum Gasteiger partial charge on any atom is 0.244 e. The van der Waals surface area contributed by atoms with Gasteiger partial charge in [0, 0.05) is 12.3 Å². The van der Waals surface area contributed by atoms with Crippen molar-refractivity contribution in [2.24, 2.45) is 0 Å². The van der Waals surface area contributed by atoms with Crippen molar-refractivity contribution in [2.45, 2.75) is 13.5 Å². The number of nitrogens with one attached hydrogen (secondary N) is 1. The lowest BCUT2D eigenvalue weighted by Gasteiger charge is -2.04. The molecule has 0 aliphatic rings. The fraction of sp³-hybridized carbons (Fsp3) is 0.125. The highest BCUT2D eigenvalue weighted by atomic mass is 19.1. The first-order chi connectivity index (χ1) is 9.65. The summed E-state index contributed by atoms with van der Waals surface area (Å²) in [6, 6.07) is 9.86.